The number of hydrogen-bond donors (Lipinski definition) is 2. The number of benzene rings is 1. The molecule has 1 aromatic rings. The average Bonchev–Trinajstić information content (AvgIpc) is 2.25. The van der Waals surface area contributed by atoms with Gasteiger partial charge in [0.25, 0.3) is 0 Å². The molecule has 2 nitrogen and oxygen atoms in total. The first kappa shape index (κ1) is 11.1. The third-order valence-electron chi connectivity index (χ3n) is 2.22. The lowest BCUT2D eigenvalue weighted by molar-refractivity contribution is 0.282. The van der Waals surface area contributed by atoms with Crippen LogP contribution in [0.4, 0.5) is 5.69 Å². The molecule has 0 radical (unpaired) electrons. The summed E-state index contributed by atoms with van der Waals surface area (Å²) in [5, 5.41) is 12.3. The number of anilines is 1. The smallest absolute Gasteiger partial charge is 0.0682 e. The van der Waals surface area contributed by atoms with Crippen LogP contribution in [0.2, 0.25) is 0 Å². The fourth-order valence-corrected chi connectivity index (χ4v) is 1.39. The number of unbranched alkanes of at least 4 members (excludes halogenated alkanes) is 2. The van der Waals surface area contributed by atoms with Crippen molar-refractivity contribution in [3.8, 4) is 0 Å². The maximum atomic E-state index is 8.94. The van der Waals surface area contributed by atoms with Crippen LogP contribution in [-0.2, 0) is 6.61 Å². The van der Waals surface area contributed by atoms with E-state index in [1.54, 1.807) is 0 Å². The summed E-state index contributed by atoms with van der Waals surface area (Å²) in [6.07, 6.45) is 3.73. The molecule has 0 saturated carbocycles. The number of aliphatic hydroxyl groups excluding tert-OH is 1. The standard InChI is InChI=1S/C12H19NO/c1-2-3-4-8-13-12-7-5-6-11(9-12)10-14/h5-7,9,13-14H,2-4,8,10H2,1H3. The lowest BCUT2D eigenvalue weighted by atomic mass is 10.2. The highest BCUT2D eigenvalue weighted by molar-refractivity contribution is 5.45. The van der Waals surface area contributed by atoms with E-state index in [1.807, 2.05) is 24.3 Å². The molecule has 0 fully saturated rings. The highest BCUT2D eigenvalue weighted by Crippen LogP contribution is 2.10. The highest BCUT2D eigenvalue weighted by Gasteiger charge is 1.93. The summed E-state index contributed by atoms with van der Waals surface area (Å²) in [4.78, 5) is 0. The maximum absolute atomic E-state index is 8.94. The second kappa shape index (κ2) is 6.44. The third kappa shape index (κ3) is 3.79. The normalized spacial score (nSPS) is 10.1. The molecule has 0 atom stereocenters. The topological polar surface area (TPSA) is 32.3 Å². The molecule has 0 aliphatic heterocycles. The fraction of sp³-hybridized carbons (Fsp3) is 0.500. The predicted molar refractivity (Wildman–Crippen MR) is 60.4 cm³/mol. The van der Waals surface area contributed by atoms with E-state index in [2.05, 4.69) is 12.2 Å². The summed E-state index contributed by atoms with van der Waals surface area (Å²) in [7, 11) is 0. The van der Waals surface area contributed by atoms with Crippen molar-refractivity contribution in [2.24, 2.45) is 0 Å². The molecule has 0 bridgehead atoms. The van der Waals surface area contributed by atoms with Gasteiger partial charge in [0.05, 0.1) is 6.61 Å². The fourth-order valence-electron chi connectivity index (χ4n) is 1.39. The van der Waals surface area contributed by atoms with Crippen molar-refractivity contribution in [2.75, 3.05) is 11.9 Å². The van der Waals surface area contributed by atoms with Crippen LogP contribution < -0.4 is 5.32 Å². The van der Waals surface area contributed by atoms with E-state index in [-0.39, 0.29) is 6.61 Å². The Hall–Kier alpha value is -1.02. The van der Waals surface area contributed by atoms with Gasteiger partial charge in [0.15, 0.2) is 0 Å². The monoisotopic (exact) mass is 193 g/mol. The molecule has 1 rings (SSSR count). The Morgan fingerprint density at radius 3 is 2.86 bits per heavy atom. The second-order valence-electron chi connectivity index (χ2n) is 3.49. The Labute approximate surface area is 86.0 Å². The van der Waals surface area contributed by atoms with Crippen molar-refractivity contribution in [2.45, 2.75) is 32.8 Å². The molecule has 0 aromatic heterocycles. The van der Waals surface area contributed by atoms with Crippen LogP contribution in [-0.4, -0.2) is 11.7 Å². The first-order valence-corrected chi connectivity index (χ1v) is 5.30. The largest absolute Gasteiger partial charge is 0.392 e. The van der Waals surface area contributed by atoms with Gasteiger partial charge in [-0.3, -0.25) is 0 Å². The zero-order valence-corrected chi connectivity index (χ0v) is 8.79. The SMILES string of the molecule is CCCCCNc1cccc(CO)c1. The minimum Gasteiger partial charge on any atom is -0.392 e. The first-order valence-electron chi connectivity index (χ1n) is 5.30. The van der Waals surface area contributed by atoms with Gasteiger partial charge >= 0.3 is 0 Å². The average molecular weight is 193 g/mol. The second-order valence-corrected chi connectivity index (χ2v) is 3.49. The number of aliphatic hydroxyl groups is 1. The molecule has 0 heterocycles. The van der Waals surface area contributed by atoms with Gasteiger partial charge in [0, 0.05) is 12.2 Å². The quantitative estimate of drug-likeness (QED) is 0.681. The van der Waals surface area contributed by atoms with Crippen LogP contribution in [0.5, 0.6) is 0 Å². The van der Waals surface area contributed by atoms with Crippen LogP contribution in [0.15, 0.2) is 24.3 Å². The van der Waals surface area contributed by atoms with Gasteiger partial charge in [-0.05, 0) is 24.1 Å². The molecular formula is C12H19NO. The lowest BCUT2D eigenvalue weighted by Gasteiger charge is -2.06. The minimum absolute atomic E-state index is 0.116. The van der Waals surface area contributed by atoms with Crippen LogP contribution in [0, 0.1) is 0 Å². The molecule has 0 amide bonds. The van der Waals surface area contributed by atoms with Gasteiger partial charge < -0.3 is 10.4 Å². The van der Waals surface area contributed by atoms with E-state index in [1.165, 1.54) is 19.3 Å². The van der Waals surface area contributed by atoms with Crippen molar-refractivity contribution in [1.82, 2.24) is 0 Å². The Bertz CT molecular complexity index is 260. The number of hydrogen-bond acceptors (Lipinski definition) is 2. The van der Waals surface area contributed by atoms with Gasteiger partial charge in [-0.25, -0.2) is 0 Å². The Morgan fingerprint density at radius 2 is 2.14 bits per heavy atom. The molecule has 1 aromatic carbocycles. The van der Waals surface area contributed by atoms with E-state index < -0.39 is 0 Å². The molecular weight excluding hydrogens is 174 g/mol. The maximum Gasteiger partial charge on any atom is 0.0682 e. The van der Waals surface area contributed by atoms with Gasteiger partial charge in [0.2, 0.25) is 0 Å². The molecule has 78 valence electrons. The predicted octanol–water partition coefficient (Wildman–Crippen LogP) is 2.78. The molecule has 0 saturated heterocycles. The van der Waals surface area contributed by atoms with E-state index >= 15 is 0 Å². The van der Waals surface area contributed by atoms with Crippen LogP contribution in [0.1, 0.15) is 31.7 Å². The van der Waals surface area contributed by atoms with E-state index in [0.29, 0.717) is 0 Å². The summed E-state index contributed by atoms with van der Waals surface area (Å²) in [6, 6.07) is 7.92. The number of nitrogens with one attached hydrogen (secondary N) is 1. The highest BCUT2D eigenvalue weighted by atomic mass is 16.3. The Morgan fingerprint density at radius 1 is 1.29 bits per heavy atom. The van der Waals surface area contributed by atoms with Crippen LogP contribution >= 0.6 is 0 Å². The van der Waals surface area contributed by atoms with Crippen LogP contribution in [0.25, 0.3) is 0 Å². The van der Waals surface area contributed by atoms with E-state index in [9.17, 15) is 0 Å². The molecule has 2 heteroatoms. The van der Waals surface area contributed by atoms with Gasteiger partial charge in [0.1, 0.15) is 0 Å². The summed E-state index contributed by atoms with van der Waals surface area (Å²) in [5.41, 5.74) is 2.07. The summed E-state index contributed by atoms with van der Waals surface area (Å²) < 4.78 is 0. The molecule has 0 spiro atoms. The van der Waals surface area contributed by atoms with Crippen LogP contribution in [0.3, 0.4) is 0 Å². The van der Waals surface area contributed by atoms with Crippen molar-refractivity contribution in [3.05, 3.63) is 29.8 Å². The van der Waals surface area contributed by atoms with Crippen molar-refractivity contribution >= 4 is 5.69 Å². The molecule has 14 heavy (non-hydrogen) atoms. The number of rotatable bonds is 6. The van der Waals surface area contributed by atoms with Gasteiger partial charge in [-0.2, -0.15) is 0 Å². The molecule has 0 aliphatic rings. The van der Waals surface area contributed by atoms with Crippen molar-refractivity contribution in [3.63, 3.8) is 0 Å². The summed E-state index contributed by atoms with van der Waals surface area (Å²) >= 11 is 0. The summed E-state index contributed by atoms with van der Waals surface area (Å²) in [5.74, 6) is 0. The van der Waals surface area contributed by atoms with E-state index in [0.717, 1.165) is 17.8 Å². The minimum atomic E-state index is 0.116. The lowest BCUT2D eigenvalue weighted by Crippen LogP contribution is -2.01. The zero-order chi connectivity index (χ0) is 10.2. The van der Waals surface area contributed by atoms with Gasteiger partial charge in [-0.15, -0.1) is 0 Å². The molecule has 0 unspecified atom stereocenters. The van der Waals surface area contributed by atoms with Gasteiger partial charge in [-0.1, -0.05) is 31.9 Å². The van der Waals surface area contributed by atoms with Crippen molar-refractivity contribution in [1.29, 1.82) is 0 Å². The Kier molecular flexibility index (Phi) is 5.08. The first-order chi connectivity index (χ1) is 6.86. The summed E-state index contributed by atoms with van der Waals surface area (Å²) in [6.45, 7) is 3.33. The third-order valence-corrected chi connectivity index (χ3v) is 2.22. The van der Waals surface area contributed by atoms with Crippen molar-refractivity contribution < 1.29 is 5.11 Å². The molecule has 2 N–H and O–H groups in total. The zero-order valence-electron chi connectivity index (χ0n) is 8.79. The molecule has 0 aliphatic carbocycles. The van der Waals surface area contributed by atoms with E-state index in [4.69, 9.17) is 5.11 Å². The Balaban J connectivity index is 2.34.